The maximum Gasteiger partial charge on any atom is 0.264 e. The first-order valence-electron chi connectivity index (χ1n) is 6.05. The monoisotopic (exact) mass is 328 g/mol. The van der Waals surface area contributed by atoms with Crippen molar-refractivity contribution in [3.63, 3.8) is 0 Å². The summed E-state index contributed by atoms with van der Waals surface area (Å²) in [5.74, 6) is -0.823. The fraction of sp³-hybridized carbons (Fsp3) is 0.143. The van der Waals surface area contributed by atoms with E-state index in [4.69, 9.17) is 17.3 Å². The van der Waals surface area contributed by atoms with Crippen LogP contribution in [0.25, 0.3) is 0 Å². The molecule has 0 amide bonds. The van der Waals surface area contributed by atoms with Gasteiger partial charge >= 0.3 is 0 Å². The van der Waals surface area contributed by atoms with Gasteiger partial charge in [-0.3, -0.25) is 4.72 Å². The molecule has 0 saturated carbocycles. The zero-order valence-electron chi connectivity index (χ0n) is 11.4. The number of halogens is 2. The van der Waals surface area contributed by atoms with Crippen molar-refractivity contribution >= 4 is 33.0 Å². The standard InChI is InChI=1S/C14H14ClFN2O2S/c1-8-3-4-10(15)6-12(8)18-21(19,20)13-7-11(17)5-9(2)14(13)16/h3-7,18H,17H2,1-2H3. The van der Waals surface area contributed by atoms with Crippen molar-refractivity contribution in [2.24, 2.45) is 0 Å². The van der Waals surface area contributed by atoms with Gasteiger partial charge in [-0.1, -0.05) is 17.7 Å². The molecule has 112 valence electrons. The largest absolute Gasteiger partial charge is 0.399 e. The Morgan fingerprint density at radius 2 is 1.81 bits per heavy atom. The Balaban J connectivity index is 2.51. The molecule has 0 aliphatic heterocycles. The van der Waals surface area contributed by atoms with E-state index in [2.05, 4.69) is 4.72 Å². The van der Waals surface area contributed by atoms with Gasteiger partial charge in [-0.05, 0) is 49.2 Å². The normalized spacial score (nSPS) is 11.4. The smallest absolute Gasteiger partial charge is 0.264 e. The van der Waals surface area contributed by atoms with Crippen molar-refractivity contribution in [3.8, 4) is 0 Å². The SMILES string of the molecule is Cc1ccc(Cl)cc1NS(=O)(=O)c1cc(N)cc(C)c1F. The van der Waals surface area contributed by atoms with Crippen molar-refractivity contribution in [1.29, 1.82) is 0 Å². The first-order chi connectivity index (χ1) is 9.70. The Bertz CT molecular complexity index is 807. The molecule has 7 heteroatoms. The lowest BCUT2D eigenvalue weighted by molar-refractivity contribution is 0.565. The van der Waals surface area contributed by atoms with Gasteiger partial charge in [0.1, 0.15) is 10.7 Å². The minimum Gasteiger partial charge on any atom is -0.399 e. The van der Waals surface area contributed by atoms with Crippen molar-refractivity contribution in [1.82, 2.24) is 0 Å². The van der Waals surface area contributed by atoms with Gasteiger partial charge in [-0.15, -0.1) is 0 Å². The van der Waals surface area contributed by atoms with E-state index in [0.717, 1.165) is 6.07 Å². The zero-order valence-corrected chi connectivity index (χ0v) is 13.0. The molecule has 0 saturated heterocycles. The van der Waals surface area contributed by atoms with Gasteiger partial charge in [0.15, 0.2) is 0 Å². The molecule has 0 aromatic heterocycles. The quantitative estimate of drug-likeness (QED) is 0.847. The molecule has 0 aliphatic rings. The number of rotatable bonds is 3. The topological polar surface area (TPSA) is 72.2 Å². The summed E-state index contributed by atoms with van der Waals surface area (Å²) in [5.41, 5.74) is 6.90. The van der Waals surface area contributed by atoms with Crippen LogP contribution < -0.4 is 10.5 Å². The van der Waals surface area contributed by atoms with Gasteiger partial charge in [-0.2, -0.15) is 0 Å². The maximum atomic E-state index is 14.1. The third kappa shape index (κ3) is 3.28. The molecule has 0 fully saturated rings. The van der Waals surface area contributed by atoms with Crippen LogP contribution in [-0.2, 0) is 10.0 Å². The number of nitrogen functional groups attached to an aromatic ring is 1. The van der Waals surface area contributed by atoms with Crippen LogP contribution in [0.2, 0.25) is 5.02 Å². The van der Waals surface area contributed by atoms with Gasteiger partial charge in [0, 0.05) is 10.7 Å². The molecule has 0 spiro atoms. The van der Waals surface area contributed by atoms with E-state index < -0.39 is 20.7 Å². The molecule has 2 aromatic carbocycles. The minimum absolute atomic E-state index is 0.165. The van der Waals surface area contributed by atoms with Crippen LogP contribution in [-0.4, -0.2) is 8.42 Å². The summed E-state index contributed by atoms with van der Waals surface area (Å²) in [6.45, 7) is 3.17. The lowest BCUT2D eigenvalue weighted by Gasteiger charge is -2.13. The summed E-state index contributed by atoms with van der Waals surface area (Å²) in [6, 6.07) is 7.23. The lowest BCUT2D eigenvalue weighted by Crippen LogP contribution is -2.16. The number of sulfonamides is 1. The highest BCUT2D eigenvalue weighted by Crippen LogP contribution is 2.26. The minimum atomic E-state index is -4.09. The van der Waals surface area contributed by atoms with E-state index >= 15 is 0 Å². The van der Waals surface area contributed by atoms with E-state index in [1.54, 1.807) is 19.1 Å². The van der Waals surface area contributed by atoms with Crippen LogP contribution in [0.15, 0.2) is 35.2 Å². The van der Waals surface area contributed by atoms with Crippen LogP contribution in [0, 0.1) is 19.7 Å². The second-order valence-electron chi connectivity index (χ2n) is 4.71. The Kier molecular flexibility index (Phi) is 4.11. The molecule has 0 atom stereocenters. The Labute approximate surface area is 127 Å². The van der Waals surface area contributed by atoms with Gasteiger partial charge in [0.05, 0.1) is 5.69 Å². The summed E-state index contributed by atoms with van der Waals surface area (Å²) in [6.07, 6.45) is 0. The Morgan fingerprint density at radius 3 is 2.48 bits per heavy atom. The van der Waals surface area contributed by atoms with E-state index in [-0.39, 0.29) is 11.3 Å². The van der Waals surface area contributed by atoms with E-state index in [1.807, 2.05) is 0 Å². The average Bonchev–Trinajstić information content (AvgIpc) is 2.37. The summed E-state index contributed by atoms with van der Waals surface area (Å²) < 4.78 is 41.1. The molecule has 3 N–H and O–H groups in total. The first-order valence-corrected chi connectivity index (χ1v) is 7.91. The van der Waals surface area contributed by atoms with Crippen LogP contribution in [0.5, 0.6) is 0 Å². The summed E-state index contributed by atoms with van der Waals surface area (Å²) in [7, 11) is -4.09. The van der Waals surface area contributed by atoms with Gasteiger partial charge < -0.3 is 5.73 Å². The first kappa shape index (κ1) is 15.6. The number of hydrogen-bond donors (Lipinski definition) is 2. The molecule has 0 heterocycles. The summed E-state index contributed by atoms with van der Waals surface area (Å²) >= 11 is 5.84. The van der Waals surface area contributed by atoms with Gasteiger partial charge in [0.25, 0.3) is 10.0 Å². The van der Waals surface area contributed by atoms with Crippen molar-refractivity contribution in [2.75, 3.05) is 10.5 Å². The van der Waals surface area contributed by atoms with E-state index in [0.29, 0.717) is 16.3 Å². The number of benzene rings is 2. The van der Waals surface area contributed by atoms with Crippen LogP contribution in [0.4, 0.5) is 15.8 Å². The predicted molar refractivity (Wildman–Crippen MR) is 82.5 cm³/mol. The molecule has 21 heavy (non-hydrogen) atoms. The highest BCUT2D eigenvalue weighted by atomic mass is 35.5. The predicted octanol–water partition coefficient (Wildman–Crippen LogP) is 3.48. The molecule has 4 nitrogen and oxygen atoms in total. The zero-order chi connectivity index (χ0) is 15.8. The van der Waals surface area contributed by atoms with E-state index in [1.165, 1.54) is 19.1 Å². The van der Waals surface area contributed by atoms with Crippen molar-refractivity contribution in [2.45, 2.75) is 18.7 Å². The highest BCUT2D eigenvalue weighted by molar-refractivity contribution is 7.92. The molecule has 0 unspecified atom stereocenters. The molecule has 0 radical (unpaired) electrons. The number of nitrogens with two attached hydrogens (primary N) is 1. The third-order valence-corrected chi connectivity index (χ3v) is 4.58. The molecule has 2 rings (SSSR count). The second-order valence-corrected chi connectivity index (χ2v) is 6.80. The van der Waals surface area contributed by atoms with Crippen molar-refractivity contribution in [3.05, 3.63) is 52.3 Å². The van der Waals surface area contributed by atoms with Crippen LogP contribution >= 0.6 is 11.6 Å². The Hall–Kier alpha value is -1.79. The second kappa shape index (κ2) is 5.54. The Morgan fingerprint density at radius 1 is 1.14 bits per heavy atom. The lowest BCUT2D eigenvalue weighted by atomic mass is 10.2. The number of aryl methyl sites for hydroxylation is 2. The maximum absolute atomic E-state index is 14.1. The molecule has 0 aliphatic carbocycles. The molecular weight excluding hydrogens is 315 g/mol. The number of nitrogens with one attached hydrogen (secondary N) is 1. The molecule has 0 bridgehead atoms. The summed E-state index contributed by atoms with van der Waals surface area (Å²) in [5, 5.41) is 0.377. The molecular formula is C14H14ClFN2O2S. The number of hydrogen-bond acceptors (Lipinski definition) is 3. The summed E-state index contributed by atoms with van der Waals surface area (Å²) in [4.78, 5) is -0.487. The molecule has 2 aromatic rings. The number of anilines is 2. The highest BCUT2D eigenvalue weighted by Gasteiger charge is 2.22. The average molecular weight is 329 g/mol. The third-order valence-electron chi connectivity index (χ3n) is 2.98. The van der Waals surface area contributed by atoms with Gasteiger partial charge in [0.2, 0.25) is 0 Å². The fourth-order valence-electron chi connectivity index (χ4n) is 1.86. The van der Waals surface area contributed by atoms with Crippen molar-refractivity contribution < 1.29 is 12.8 Å². The van der Waals surface area contributed by atoms with Crippen LogP contribution in [0.3, 0.4) is 0 Å². The van der Waals surface area contributed by atoms with Crippen LogP contribution in [0.1, 0.15) is 11.1 Å². The van der Waals surface area contributed by atoms with Gasteiger partial charge in [-0.25, -0.2) is 12.8 Å². The van der Waals surface area contributed by atoms with E-state index in [9.17, 15) is 12.8 Å². The fourth-order valence-corrected chi connectivity index (χ4v) is 3.34.